The van der Waals surface area contributed by atoms with Crippen LogP contribution >= 0.6 is 11.8 Å². The van der Waals surface area contributed by atoms with Crippen molar-refractivity contribution < 1.29 is 0 Å². The molecule has 0 amide bonds. The third-order valence-electron chi connectivity index (χ3n) is 3.06. The van der Waals surface area contributed by atoms with Gasteiger partial charge < -0.3 is 0 Å². The molecule has 2 heterocycles. The smallest absolute Gasteiger partial charge is 0.143 e. The first kappa shape index (κ1) is 11.7. The van der Waals surface area contributed by atoms with Crippen LogP contribution in [-0.4, -0.2) is 44.1 Å². The molecular formula is C12H15N5S. The Hall–Kier alpha value is -1.40. The maximum absolute atomic E-state index is 3.87. The Morgan fingerprint density at radius 3 is 2.56 bits per heavy atom. The third-order valence-corrected chi connectivity index (χ3v) is 4.16. The lowest BCUT2D eigenvalue weighted by atomic mass is 10.3. The highest BCUT2D eigenvalue weighted by atomic mass is 32.2. The van der Waals surface area contributed by atoms with E-state index in [1.807, 2.05) is 23.9 Å². The minimum Gasteiger partial charge on any atom is -0.294 e. The molecule has 3 rings (SSSR count). The second-order valence-corrected chi connectivity index (χ2v) is 5.37. The molecule has 1 aliphatic rings. The highest BCUT2D eigenvalue weighted by Gasteiger charge is 2.11. The van der Waals surface area contributed by atoms with Gasteiger partial charge in [-0.05, 0) is 60.6 Å². The molecule has 1 aromatic carbocycles. The van der Waals surface area contributed by atoms with Crippen molar-refractivity contribution in [3.05, 3.63) is 30.6 Å². The van der Waals surface area contributed by atoms with Gasteiger partial charge in [-0.25, -0.2) is 4.68 Å². The van der Waals surface area contributed by atoms with Gasteiger partial charge >= 0.3 is 0 Å². The molecule has 6 heteroatoms. The maximum Gasteiger partial charge on any atom is 0.143 e. The van der Waals surface area contributed by atoms with E-state index >= 15 is 0 Å². The summed E-state index contributed by atoms with van der Waals surface area (Å²) in [6.45, 7) is 2.49. The van der Waals surface area contributed by atoms with Crippen molar-refractivity contribution in [2.24, 2.45) is 0 Å². The Kier molecular flexibility index (Phi) is 3.56. The molecule has 0 bridgehead atoms. The fourth-order valence-electron chi connectivity index (χ4n) is 2.05. The molecular weight excluding hydrogens is 246 g/mol. The molecule has 5 nitrogen and oxygen atoms in total. The average Bonchev–Trinajstić information content (AvgIpc) is 3.10. The maximum atomic E-state index is 3.87. The summed E-state index contributed by atoms with van der Waals surface area (Å²) in [5, 5.41) is 11.1. The zero-order valence-corrected chi connectivity index (χ0v) is 10.9. The van der Waals surface area contributed by atoms with Gasteiger partial charge in [0.05, 0.1) is 5.69 Å². The number of hydrogen-bond donors (Lipinski definition) is 0. The van der Waals surface area contributed by atoms with E-state index in [-0.39, 0.29) is 0 Å². The highest BCUT2D eigenvalue weighted by molar-refractivity contribution is 7.99. The molecule has 2 aromatic rings. The molecule has 0 saturated carbocycles. The molecule has 0 spiro atoms. The van der Waals surface area contributed by atoms with E-state index in [2.05, 4.69) is 32.6 Å². The summed E-state index contributed by atoms with van der Waals surface area (Å²) in [5.41, 5.74) is 0.991. The zero-order chi connectivity index (χ0) is 12.2. The SMILES string of the molecule is c1cc(-n2cnnn2)ccc1SCN1CCCC1. The molecule has 1 fully saturated rings. The van der Waals surface area contributed by atoms with E-state index < -0.39 is 0 Å². The van der Waals surface area contributed by atoms with Crippen LogP contribution in [0.3, 0.4) is 0 Å². The van der Waals surface area contributed by atoms with Gasteiger partial charge in [0.15, 0.2) is 0 Å². The minimum absolute atomic E-state index is 0.991. The monoisotopic (exact) mass is 261 g/mol. The van der Waals surface area contributed by atoms with Crippen LogP contribution in [0.25, 0.3) is 5.69 Å². The molecule has 1 saturated heterocycles. The van der Waals surface area contributed by atoms with Gasteiger partial charge in [0.1, 0.15) is 6.33 Å². The largest absolute Gasteiger partial charge is 0.294 e. The lowest BCUT2D eigenvalue weighted by Gasteiger charge is -2.13. The van der Waals surface area contributed by atoms with Gasteiger partial charge in [-0.1, -0.05) is 0 Å². The normalized spacial score (nSPS) is 16.2. The summed E-state index contributed by atoms with van der Waals surface area (Å²) >= 11 is 1.89. The van der Waals surface area contributed by atoms with Crippen molar-refractivity contribution in [1.29, 1.82) is 0 Å². The van der Waals surface area contributed by atoms with E-state index in [1.54, 1.807) is 11.0 Å². The predicted molar refractivity (Wildman–Crippen MR) is 70.7 cm³/mol. The fraction of sp³-hybridized carbons (Fsp3) is 0.417. The first-order valence-electron chi connectivity index (χ1n) is 6.10. The predicted octanol–water partition coefficient (Wildman–Crippen LogP) is 1.81. The van der Waals surface area contributed by atoms with Crippen LogP contribution < -0.4 is 0 Å². The Balaban J connectivity index is 1.60. The number of benzene rings is 1. The van der Waals surface area contributed by atoms with E-state index in [0.29, 0.717) is 0 Å². The van der Waals surface area contributed by atoms with Crippen LogP contribution in [0.2, 0.25) is 0 Å². The number of tetrazole rings is 1. The average molecular weight is 261 g/mol. The number of nitrogens with zero attached hydrogens (tertiary/aromatic N) is 5. The number of hydrogen-bond acceptors (Lipinski definition) is 5. The van der Waals surface area contributed by atoms with Crippen LogP contribution in [0.1, 0.15) is 12.8 Å². The van der Waals surface area contributed by atoms with Gasteiger partial charge in [0, 0.05) is 10.8 Å². The third kappa shape index (κ3) is 2.70. The first-order chi connectivity index (χ1) is 8.92. The second kappa shape index (κ2) is 5.49. The Morgan fingerprint density at radius 1 is 1.11 bits per heavy atom. The van der Waals surface area contributed by atoms with E-state index in [4.69, 9.17) is 0 Å². The molecule has 18 heavy (non-hydrogen) atoms. The van der Waals surface area contributed by atoms with E-state index in [9.17, 15) is 0 Å². The number of likely N-dealkylation sites (tertiary alicyclic amines) is 1. The highest BCUT2D eigenvalue weighted by Crippen LogP contribution is 2.22. The van der Waals surface area contributed by atoms with Gasteiger partial charge in [-0.15, -0.1) is 16.9 Å². The van der Waals surface area contributed by atoms with Gasteiger partial charge in [0.25, 0.3) is 0 Å². The van der Waals surface area contributed by atoms with Crippen molar-refractivity contribution in [1.82, 2.24) is 25.1 Å². The number of thioether (sulfide) groups is 1. The summed E-state index contributed by atoms with van der Waals surface area (Å²) in [7, 11) is 0. The molecule has 1 aliphatic heterocycles. The van der Waals surface area contributed by atoms with Crippen molar-refractivity contribution in [2.45, 2.75) is 17.7 Å². The summed E-state index contributed by atoms with van der Waals surface area (Å²) in [5.74, 6) is 1.09. The lowest BCUT2D eigenvalue weighted by Crippen LogP contribution is -2.17. The molecule has 0 aliphatic carbocycles. The first-order valence-corrected chi connectivity index (χ1v) is 7.09. The summed E-state index contributed by atoms with van der Waals surface area (Å²) < 4.78 is 1.66. The van der Waals surface area contributed by atoms with Crippen LogP contribution in [0.4, 0.5) is 0 Å². The van der Waals surface area contributed by atoms with Crippen molar-refractivity contribution >= 4 is 11.8 Å². The van der Waals surface area contributed by atoms with Crippen LogP contribution in [0, 0.1) is 0 Å². The Morgan fingerprint density at radius 2 is 1.89 bits per heavy atom. The summed E-state index contributed by atoms with van der Waals surface area (Å²) in [6.07, 6.45) is 4.30. The number of aromatic nitrogens is 4. The molecule has 94 valence electrons. The summed E-state index contributed by atoms with van der Waals surface area (Å²) in [6, 6.07) is 8.33. The Labute approximate surface area is 110 Å². The number of rotatable bonds is 4. The van der Waals surface area contributed by atoms with Crippen LogP contribution in [-0.2, 0) is 0 Å². The fourth-order valence-corrected chi connectivity index (χ4v) is 2.97. The van der Waals surface area contributed by atoms with Crippen molar-refractivity contribution in [2.75, 3.05) is 19.0 Å². The van der Waals surface area contributed by atoms with Gasteiger partial charge in [-0.3, -0.25) is 4.90 Å². The van der Waals surface area contributed by atoms with Gasteiger partial charge in [0.2, 0.25) is 0 Å². The molecule has 0 atom stereocenters. The summed E-state index contributed by atoms with van der Waals surface area (Å²) in [4.78, 5) is 3.79. The standard InChI is InChI=1S/C12H15N5S/c1-2-8-16(7-1)10-18-12-5-3-11(4-6-12)17-9-13-14-15-17/h3-6,9H,1-2,7-8,10H2. The van der Waals surface area contributed by atoms with Crippen molar-refractivity contribution in [3.63, 3.8) is 0 Å². The van der Waals surface area contributed by atoms with E-state index in [0.717, 1.165) is 11.6 Å². The molecule has 1 aromatic heterocycles. The van der Waals surface area contributed by atoms with E-state index in [1.165, 1.54) is 30.8 Å². The molecule has 0 unspecified atom stereocenters. The van der Waals surface area contributed by atoms with Crippen molar-refractivity contribution in [3.8, 4) is 5.69 Å². The molecule has 0 radical (unpaired) electrons. The van der Waals surface area contributed by atoms with Crippen LogP contribution in [0.5, 0.6) is 0 Å². The topological polar surface area (TPSA) is 46.8 Å². The van der Waals surface area contributed by atoms with Gasteiger partial charge in [-0.2, -0.15) is 0 Å². The van der Waals surface area contributed by atoms with Crippen LogP contribution in [0.15, 0.2) is 35.5 Å². The lowest BCUT2D eigenvalue weighted by molar-refractivity contribution is 0.401. The minimum atomic E-state index is 0.991. The molecule has 0 N–H and O–H groups in total. The second-order valence-electron chi connectivity index (χ2n) is 4.35. The zero-order valence-electron chi connectivity index (χ0n) is 10.1. The quantitative estimate of drug-likeness (QED) is 0.785. The Bertz CT molecular complexity index is 476.